The lowest BCUT2D eigenvalue weighted by molar-refractivity contribution is 0.653. The van der Waals surface area contributed by atoms with Crippen LogP contribution < -0.4 is 5.32 Å². The quantitative estimate of drug-likeness (QED) is 0.821. The summed E-state index contributed by atoms with van der Waals surface area (Å²) in [7, 11) is 0. The summed E-state index contributed by atoms with van der Waals surface area (Å²) in [5, 5.41) is 6.25. The molecule has 16 heavy (non-hydrogen) atoms. The first-order valence-corrected chi connectivity index (χ1v) is 6.04. The standard InChI is InChI=1S/C15H17N/c1-11-8-15(11)16-10-12-6-7-13-4-2-3-5-14(13)9-12/h2-7,9,11,15-16H,8,10H2,1H3. The Morgan fingerprint density at radius 2 is 1.88 bits per heavy atom. The van der Waals surface area contributed by atoms with Crippen molar-refractivity contribution < 1.29 is 0 Å². The smallest absolute Gasteiger partial charge is 0.0208 e. The molecular weight excluding hydrogens is 194 g/mol. The van der Waals surface area contributed by atoms with Crippen molar-refractivity contribution in [3.05, 3.63) is 48.0 Å². The molecule has 0 amide bonds. The molecule has 2 unspecified atom stereocenters. The van der Waals surface area contributed by atoms with E-state index in [4.69, 9.17) is 0 Å². The number of benzene rings is 2. The average Bonchev–Trinajstić information content (AvgIpc) is 3.03. The Balaban J connectivity index is 1.77. The third kappa shape index (κ3) is 1.96. The summed E-state index contributed by atoms with van der Waals surface area (Å²) in [4.78, 5) is 0. The topological polar surface area (TPSA) is 12.0 Å². The van der Waals surface area contributed by atoms with Crippen LogP contribution in [0.2, 0.25) is 0 Å². The first kappa shape index (κ1) is 9.86. The van der Waals surface area contributed by atoms with Gasteiger partial charge in [0, 0.05) is 12.6 Å². The van der Waals surface area contributed by atoms with Gasteiger partial charge in [0.1, 0.15) is 0 Å². The van der Waals surface area contributed by atoms with E-state index in [2.05, 4.69) is 54.7 Å². The third-order valence-electron chi connectivity index (χ3n) is 3.49. The Bertz CT molecular complexity index is 504. The third-order valence-corrected chi connectivity index (χ3v) is 3.49. The van der Waals surface area contributed by atoms with E-state index in [0.717, 1.165) is 18.5 Å². The van der Waals surface area contributed by atoms with Crippen LogP contribution in [-0.4, -0.2) is 6.04 Å². The largest absolute Gasteiger partial charge is 0.310 e. The highest BCUT2D eigenvalue weighted by molar-refractivity contribution is 5.82. The molecule has 0 bridgehead atoms. The zero-order chi connectivity index (χ0) is 11.0. The minimum atomic E-state index is 0.756. The summed E-state index contributed by atoms with van der Waals surface area (Å²) in [6.07, 6.45) is 1.34. The van der Waals surface area contributed by atoms with Gasteiger partial charge < -0.3 is 5.32 Å². The van der Waals surface area contributed by atoms with Crippen molar-refractivity contribution >= 4 is 10.8 Å². The SMILES string of the molecule is CC1CC1NCc1ccc2ccccc2c1. The molecule has 0 heterocycles. The number of fused-ring (bicyclic) bond motifs is 1. The van der Waals surface area contributed by atoms with Crippen LogP contribution >= 0.6 is 0 Å². The van der Waals surface area contributed by atoms with Gasteiger partial charge >= 0.3 is 0 Å². The van der Waals surface area contributed by atoms with Gasteiger partial charge in [0.05, 0.1) is 0 Å². The summed E-state index contributed by atoms with van der Waals surface area (Å²) >= 11 is 0. The lowest BCUT2D eigenvalue weighted by atomic mass is 10.1. The second-order valence-electron chi connectivity index (χ2n) is 4.88. The van der Waals surface area contributed by atoms with E-state index in [1.165, 1.54) is 22.8 Å². The molecule has 0 aromatic heterocycles. The molecule has 0 aliphatic heterocycles. The van der Waals surface area contributed by atoms with E-state index in [-0.39, 0.29) is 0 Å². The Morgan fingerprint density at radius 3 is 2.62 bits per heavy atom. The van der Waals surface area contributed by atoms with Crippen LogP contribution in [-0.2, 0) is 6.54 Å². The highest BCUT2D eigenvalue weighted by atomic mass is 15.0. The first-order chi connectivity index (χ1) is 7.83. The van der Waals surface area contributed by atoms with Gasteiger partial charge in [-0.05, 0) is 34.7 Å². The number of rotatable bonds is 3. The van der Waals surface area contributed by atoms with Crippen molar-refractivity contribution in [3.8, 4) is 0 Å². The molecule has 1 heteroatoms. The molecule has 2 aromatic rings. The Labute approximate surface area is 96.5 Å². The summed E-state index contributed by atoms with van der Waals surface area (Å²) in [6, 6.07) is 16.0. The molecule has 1 aliphatic rings. The Morgan fingerprint density at radius 1 is 1.12 bits per heavy atom. The summed E-state index contributed by atoms with van der Waals surface area (Å²) in [5.41, 5.74) is 1.39. The van der Waals surface area contributed by atoms with E-state index < -0.39 is 0 Å². The second-order valence-corrected chi connectivity index (χ2v) is 4.88. The van der Waals surface area contributed by atoms with E-state index >= 15 is 0 Å². The van der Waals surface area contributed by atoms with Crippen LogP contribution in [0.5, 0.6) is 0 Å². The number of hydrogen-bond acceptors (Lipinski definition) is 1. The maximum absolute atomic E-state index is 3.59. The zero-order valence-electron chi connectivity index (χ0n) is 9.61. The minimum Gasteiger partial charge on any atom is -0.310 e. The van der Waals surface area contributed by atoms with E-state index in [0.29, 0.717) is 0 Å². The maximum Gasteiger partial charge on any atom is 0.0208 e. The summed E-state index contributed by atoms with van der Waals surface area (Å²) in [6.45, 7) is 3.30. The fraction of sp³-hybridized carbons (Fsp3) is 0.333. The lowest BCUT2D eigenvalue weighted by Gasteiger charge is -2.05. The average molecular weight is 211 g/mol. The van der Waals surface area contributed by atoms with Crippen molar-refractivity contribution in [1.29, 1.82) is 0 Å². The molecule has 0 radical (unpaired) electrons. The molecule has 1 fully saturated rings. The van der Waals surface area contributed by atoms with Gasteiger partial charge in [0.15, 0.2) is 0 Å². The van der Waals surface area contributed by atoms with Crippen molar-refractivity contribution in [1.82, 2.24) is 5.32 Å². The van der Waals surface area contributed by atoms with Crippen LogP contribution in [0, 0.1) is 5.92 Å². The maximum atomic E-state index is 3.59. The van der Waals surface area contributed by atoms with Crippen molar-refractivity contribution in [3.63, 3.8) is 0 Å². The second kappa shape index (κ2) is 3.91. The molecule has 1 nitrogen and oxygen atoms in total. The Hall–Kier alpha value is -1.34. The first-order valence-electron chi connectivity index (χ1n) is 6.04. The van der Waals surface area contributed by atoms with Crippen LogP contribution in [0.25, 0.3) is 10.8 Å². The predicted octanol–water partition coefficient (Wildman–Crippen LogP) is 3.34. The molecular formula is C15H17N. The van der Waals surface area contributed by atoms with E-state index in [1.54, 1.807) is 0 Å². The molecule has 0 spiro atoms. The van der Waals surface area contributed by atoms with Gasteiger partial charge in [-0.1, -0.05) is 43.3 Å². The van der Waals surface area contributed by atoms with Gasteiger partial charge in [0.2, 0.25) is 0 Å². The highest BCUT2D eigenvalue weighted by Gasteiger charge is 2.31. The number of nitrogens with one attached hydrogen (secondary N) is 1. The lowest BCUT2D eigenvalue weighted by Crippen LogP contribution is -2.16. The molecule has 1 saturated carbocycles. The minimum absolute atomic E-state index is 0.756. The molecule has 3 rings (SSSR count). The zero-order valence-corrected chi connectivity index (χ0v) is 9.61. The molecule has 2 aromatic carbocycles. The molecule has 1 aliphatic carbocycles. The fourth-order valence-corrected chi connectivity index (χ4v) is 2.20. The van der Waals surface area contributed by atoms with E-state index in [9.17, 15) is 0 Å². The Kier molecular flexibility index (Phi) is 2.41. The molecule has 0 saturated heterocycles. The van der Waals surface area contributed by atoms with E-state index in [1.807, 2.05) is 0 Å². The van der Waals surface area contributed by atoms with Crippen LogP contribution in [0.3, 0.4) is 0 Å². The summed E-state index contributed by atoms with van der Waals surface area (Å²) < 4.78 is 0. The van der Waals surface area contributed by atoms with Gasteiger partial charge in [-0.2, -0.15) is 0 Å². The normalized spacial score (nSPS) is 23.6. The van der Waals surface area contributed by atoms with Crippen molar-refractivity contribution in [2.24, 2.45) is 5.92 Å². The predicted molar refractivity (Wildman–Crippen MR) is 68.4 cm³/mol. The van der Waals surface area contributed by atoms with Crippen LogP contribution in [0.4, 0.5) is 0 Å². The summed E-state index contributed by atoms with van der Waals surface area (Å²) in [5.74, 6) is 0.875. The van der Waals surface area contributed by atoms with Gasteiger partial charge in [-0.15, -0.1) is 0 Å². The molecule has 1 N–H and O–H groups in total. The van der Waals surface area contributed by atoms with Gasteiger partial charge in [-0.25, -0.2) is 0 Å². The highest BCUT2D eigenvalue weighted by Crippen LogP contribution is 2.29. The van der Waals surface area contributed by atoms with Crippen LogP contribution in [0.1, 0.15) is 18.9 Å². The van der Waals surface area contributed by atoms with Gasteiger partial charge in [0.25, 0.3) is 0 Å². The van der Waals surface area contributed by atoms with Crippen LogP contribution in [0.15, 0.2) is 42.5 Å². The fourth-order valence-electron chi connectivity index (χ4n) is 2.20. The van der Waals surface area contributed by atoms with Gasteiger partial charge in [-0.3, -0.25) is 0 Å². The molecule has 82 valence electrons. The molecule has 2 atom stereocenters. The monoisotopic (exact) mass is 211 g/mol. The van der Waals surface area contributed by atoms with Crippen molar-refractivity contribution in [2.75, 3.05) is 0 Å². The van der Waals surface area contributed by atoms with Crippen molar-refractivity contribution in [2.45, 2.75) is 25.9 Å². The number of hydrogen-bond donors (Lipinski definition) is 1.